The van der Waals surface area contributed by atoms with Crippen LogP contribution in [0.4, 0.5) is 0 Å². The zero-order chi connectivity index (χ0) is 10.6. The Kier molecular flexibility index (Phi) is 4.37. The first kappa shape index (κ1) is 11.5. The molecule has 1 atom stereocenters. The molecule has 0 aromatic heterocycles. The lowest BCUT2D eigenvalue weighted by Gasteiger charge is -2.29. The molecule has 14 heavy (non-hydrogen) atoms. The molecule has 0 N–H and O–H groups in total. The fourth-order valence-corrected chi connectivity index (χ4v) is 2.00. The first-order chi connectivity index (χ1) is 6.65. The third-order valence-corrected chi connectivity index (χ3v) is 3.08. The smallest absolute Gasteiger partial charge is 0.0638 e. The van der Waals surface area contributed by atoms with Crippen LogP contribution in [-0.4, -0.2) is 48.6 Å². The van der Waals surface area contributed by atoms with Gasteiger partial charge in [0.05, 0.1) is 12.5 Å². The van der Waals surface area contributed by atoms with Crippen LogP contribution < -0.4 is 0 Å². The predicted molar refractivity (Wildman–Crippen MR) is 58.0 cm³/mol. The third kappa shape index (κ3) is 2.97. The van der Waals surface area contributed by atoms with E-state index < -0.39 is 0 Å². The van der Waals surface area contributed by atoms with E-state index >= 15 is 0 Å². The maximum atomic E-state index is 8.76. The van der Waals surface area contributed by atoms with Crippen molar-refractivity contribution in [2.75, 3.05) is 26.7 Å². The summed E-state index contributed by atoms with van der Waals surface area (Å²) in [5, 5.41) is 8.76. The van der Waals surface area contributed by atoms with Gasteiger partial charge in [0, 0.05) is 18.6 Å². The Hall–Kier alpha value is -0.590. The highest BCUT2D eigenvalue weighted by atomic mass is 15.2. The second-order valence-corrected chi connectivity index (χ2v) is 4.44. The summed E-state index contributed by atoms with van der Waals surface area (Å²) in [5.74, 6) is 0. The summed E-state index contributed by atoms with van der Waals surface area (Å²) in [6.07, 6.45) is 1.87. The Morgan fingerprint density at radius 1 is 1.43 bits per heavy atom. The van der Waals surface area contributed by atoms with Crippen molar-refractivity contribution in [3.63, 3.8) is 0 Å². The van der Waals surface area contributed by atoms with E-state index in [-0.39, 0.29) is 0 Å². The summed E-state index contributed by atoms with van der Waals surface area (Å²) in [4.78, 5) is 4.80. The lowest BCUT2D eigenvalue weighted by atomic mass is 10.2. The molecule has 3 nitrogen and oxygen atoms in total. The van der Waals surface area contributed by atoms with Gasteiger partial charge in [-0.2, -0.15) is 5.26 Å². The highest BCUT2D eigenvalue weighted by molar-refractivity contribution is 4.86. The zero-order valence-electron chi connectivity index (χ0n) is 9.53. The maximum Gasteiger partial charge on any atom is 0.0638 e. The molecule has 1 heterocycles. The van der Waals surface area contributed by atoms with E-state index in [9.17, 15) is 0 Å². The van der Waals surface area contributed by atoms with Crippen LogP contribution in [0.2, 0.25) is 0 Å². The number of rotatable bonds is 2. The van der Waals surface area contributed by atoms with E-state index in [0.717, 1.165) is 13.1 Å². The fourth-order valence-electron chi connectivity index (χ4n) is 2.00. The third-order valence-electron chi connectivity index (χ3n) is 3.08. The minimum Gasteiger partial charge on any atom is -0.301 e. The quantitative estimate of drug-likeness (QED) is 0.665. The molecule has 3 heteroatoms. The van der Waals surface area contributed by atoms with E-state index in [2.05, 4.69) is 36.8 Å². The van der Waals surface area contributed by atoms with Crippen LogP contribution in [-0.2, 0) is 0 Å². The Labute approximate surface area is 87.3 Å². The molecular formula is C11H21N3. The van der Waals surface area contributed by atoms with Gasteiger partial charge in [0.25, 0.3) is 0 Å². The molecule has 1 rings (SSSR count). The molecule has 1 unspecified atom stereocenters. The standard InChI is InChI=1S/C11H21N3/c1-10(2)14-8-4-7-13(3)11(9-14)5-6-12/h10-11H,4-5,7-9H2,1-3H3. The van der Waals surface area contributed by atoms with Crippen molar-refractivity contribution < 1.29 is 0 Å². The van der Waals surface area contributed by atoms with Gasteiger partial charge >= 0.3 is 0 Å². The molecule has 1 aliphatic rings. The highest BCUT2D eigenvalue weighted by Gasteiger charge is 2.23. The summed E-state index contributed by atoms with van der Waals surface area (Å²) < 4.78 is 0. The van der Waals surface area contributed by atoms with Crippen molar-refractivity contribution in [2.45, 2.75) is 38.8 Å². The molecule has 0 amide bonds. The van der Waals surface area contributed by atoms with Gasteiger partial charge in [-0.3, -0.25) is 4.90 Å². The molecule has 0 radical (unpaired) electrons. The van der Waals surface area contributed by atoms with E-state index in [1.807, 2.05) is 0 Å². The predicted octanol–water partition coefficient (Wildman–Crippen LogP) is 1.31. The first-order valence-electron chi connectivity index (χ1n) is 5.46. The topological polar surface area (TPSA) is 30.3 Å². The Morgan fingerprint density at radius 3 is 2.71 bits per heavy atom. The summed E-state index contributed by atoms with van der Waals surface area (Å²) in [6.45, 7) is 7.80. The molecule has 0 bridgehead atoms. The van der Waals surface area contributed by atoms with Crippen LogP contribution in [0.5, 0.6) is 0 Å². The van der Waals surface area contributed by atoms with Crippen LogP contribution in [0.3, 0.4) is 0 Å². The van der Waals surface area contributed by atoms with Crippen LogP contribution >= 0.6 is 0 Å². The van der Waals surface area contributed by atoms with Gasteiger partial charge in [-0.1, -0.05) is 0 Å². The largest absolute Gasteiger partial charge is 0.301 e. The van der Waals surface area contributed by atoms with Gasteiger partial charge in [0.2, 0.25) is 0 Å². The van der Waals surface area contributed by atoms with Gasteiger partial charge < -0.3 is 4.90 Å². The van der Waals surface area contributed by atoms with Gasteiger partial charge in [-0.25, -0.2) is 0 Å². The van der Waals surface area contributed by atoms with Crippen molar-refractivity contribution >= 4 is 0 Å². The first-order valence-corrected chi connectivity index (χ1v) is 5.46. The number of nitriles is 1. The number of likely N-dealkylation sites (N-methyl/N-ethyl adjacent to an activating group) is 1. The molecule has 0 aromatic rings. The van der Waals surface area contributed by atoms with Gasteiger partial charge in [-0.15, -0.1) is 0 Å². The summed E-state index contributed by atoms with van der Waals surface area (Å²) in [5.41, 5.74) is 0. The van der Waals surface area contributed by atoms with E-state index in [4.69, 9.17) is 5.26 Å². The Morgan fingerprint density at radius 2 is 2.14 bits per heavy atom. The van der Waals surface area contributed by atoms with Crippen molar-refractivity contribution in [3.05, 3.63) is 0 Å². The molecule has 0 saturated carbocycles. The minimum atomic E-state index is 0.421. The molecule has 1 saturated heterocycles. The van der Waals surface area contributed by atoms with E-state index in [1.165, 1.54) is 13.0 Å². The summed E-state index contributed by atoms with van der Waals surface area (Å²) in [7, 11) is 2.13. The lowest BCUT2D eigenvalue weighted by Crippen LogP contribution is -2.41. The number of hydrogen-bond donors (Lipinski definition) is 0. The number of hydrogen-bond acceptors (Lipinski definition) is 3. The normalized spacial score (nSPS) is 26.1. The zero-order valence-corrected chi connectivity index (χ0v) is 9.53. The molecule has 0 spiro atoms. The minimum absolute atomic E-state index is 0.421. The second-order valence-electron chi connectivity index (χ2n) is 4.44. The molecule has 80 valence electrons. The van der Waals surface area contributed by atoms with Crippen molar-refractivity contribution in [2.24, 2.45) is 0 Å². The monoisotopic (exact) mass is 195 g/mol. The summed E-state index contributed by atoms with van der Waals surface area (Å²) >= 11 is 0. The van der Waals surface area contributed by atoms with E-state index in [1.54, 1.807) is 0 Å². The molecule has 1 fully saturated rings. The molecular weight excluding hydrogens is 174 g/mol. The Balaban J connectivity index is 2.58. The molecule has 0 aromatic carbocycles. The molecule has 0 aliphatic carbocycles. The van der Waals surface area contributed by atoms with Crippen molar-refractivity contribution in [3.8, 4) is 6.07 Å². The van der Waals surface area contributed by atoms with Crippen LogP contribution in [0, 0.1) is 11.3 Å². The van der Waals surface area contributed by atoms with Crippen LogP contribution in [0.25, 0.3) is 0 Å². The molecule has 1 aliphatic heterocycles. The average molecular weight is 195 g/mol. The highest BCUT2D eigenvalue weighted by Crippen LogP contribution is 2.12. The van der Waals surface area contributed by atoms with E-state index in [0.29, 0.717) is 18.5 Å². The Bertz CT molecular complexity index is 207. The van der Waals surface area contributed by atoms with Crippen molar-refractivity contribution in [1.29, 1.82) is 5.26 Å². The van der Waals surface area contributed by atoms with Crippen molar-refractivity contribution in [1.82, 2.24) is 9.80 Å². The lowest BCUT2D eigenvalue weighted by molar-refractivity contribution is 0.182. The number of nitrogens with zero attached hydrogens (tertiary/aromatic N) is 3. The average Bonchev–Trinajstić information content (AvgIpc) is 2.30. The van der Waals surface area contributed by atoms with Gasteiger partial charge in [-0.05, 0) is 40.4 Å². The second kappa shape index (κ2) is 5.33. The van der Waals surface area contributed by atoms with Crippen LogP contribution in [0.15, 0.2) is 0 Å². The van der Waals surface area contributed by atoms with Gasteiger partial charge in [0.15, 0.2) is 0 Å². The maximum absolute atomic E-state index is 8.76. The summed E-state index contributed by atoms with van der Waals surface area (Å²) in [6, 6.07) is 3.31. The van der Waals surface area contributed by atoms with Gasteiger partial charge in [0.1, 0.15) is 0 Å². The van der Waals surface area contributed by atoms with Crippen LogP contribution in [0.1, 0.15) is 26.7 Å². The fraction of sp³-hybridized carbons (Fsp3) is 0.909. The SMILES string of the molecule is CC(C)N1CCCN(C)C(CC#N)C1.